The summed E-state index contributed by atoms with van der Waals surface area (Å²) in [5.74, 6) is 0.340. The highest BCUT2D eigenvalue weighted by Crippen LogP contribution is 2.37. The Morgan fingerprint density at radius 2 is 1.52 bits per heavy atom. The largest absolute Gasteiger partial charge is 0.383 e. The molecule has 3 aromatic rings. The molecule has 0 radical (unpaired) electrons. The van der Waals surface area contributed by atoms with Crippen molar-refractivity contribution >= 4 is 57.5 Å². The summed E-state index contributed by atoms with van der Waals surface area (Å²) in [4.78, 5) is 8.06. The molecule has 106 valence electrons. The molecule has 2 aromatic carbocycles. The molecule has 1 heterocycles. The van der Waals surface area contributed by atoms with Gasteiger partial charge in [-0.25, -0.2) is 4.98 Å². The van der Waals surface area contributed by atoms with Crippen LogP contribution in [0.3, 0.4) is 0 Å². The van der Waals surface area contributed by atoms with Crippen LogP contribution in [0.5, 0.6) is 0 Å². The van der Waals surface area contributed by atoms with Gasteiger partial charge < -0.3 is 11.5 Å². The highest BCUT2D eigenvalue weighted by molar-refractivity contribution is 6.39. The minimum Gasteiger partial charge on any atom is -0.383 e. The van der Waals surface area contributed by atoms with Crippen molar-refractivity contribution in [3.05, 3.63) is 45.4 Å². The number of anilines is 2. The molecule has 7 heteroatoms. The average Bonchev–Trinajstić information content (AvgIpc) is 2.36. The van der Waals surface area contributed by atoms with Crippen LogP contribution in [-0.2, 0) is 0 Å². The monoisotopic (exact) mass is 338 g/mol. The Morgan fingerprint density at radius 3 is 2.19 bits per heavy atom. The van der Waals surface area contributed by atoms with Crippen molar-refractivity contribution in [1.29, 1.82) is 0 Å². The van der Waals surface area contributed by atoms with Crippen LogP contribution in [0, 0.1) is 0 Å². The smallest absolute Gasteiger partial charge is 0.222 e. The van der Waals surface area contributed by atoms with Gasteiger partial charge in [0.15, 0.2) is 0 Å². The van der Waals surface area contributed by atoms with Gasteiger partial charge in [-0.05, 0) is 29.8 Å². The van der Waals surface area contributed by atoms with E-state index in [0.29, 0.717) is 26.0 Å². The van der Waals surface area contributed by atoms with E-state index in [0.717, 1.165) is 11.1 Å². The lowest BCUT2D eigenvalue weighted by atomic mass is 10.0. The topological polar surface area (TPSA) is 77.8 Å². The second-order valence-corrected chi connectivity index (χ2v) is 5.70. The predicted molar refractivity (Wildman–Crippen MR) is 88.8 cm³/mol. The molecule has 0 amide bonds. The van der Waals surface area contributed by atoms with Crippen LogP contribution >= 0.6 is 34.8 Å². The molecule has 0 aliphatic rings. The summed E-state index contributed by atoms with van der Waals surface area (Å²) in [7, 11) is 0. The Hall–Kier alpha value is -1.75. The summed E-state index contributed by atoms with van der Waals surface area (Å²) in [5, 5.41) is 2.04. The number of benzene rings is 2. The molecule has 0 aliphatic heterocycles. The molecular weight excluding hydrogens is 331 g/mol. The fraction of sp³-hybridized carbons (Fsp3) is 0. The Balaban J connectivity index is 2.32. The summed E-state index contributed by atoms with van der Waals surface area (Å²) in [6.45, 7) is 0. The molecule has 0 aliphatic carbocycles. The van der Waals surface area contributed by atoms with Crippen LogP contribution in [0.2, 0.25) is 15.1 Å². The molecule has 0 unspecified atom stereocenters. The molecular formula is C14H9Cl3N4. The maximum atomic E-state index is 6.45. The number of nitrogens with two attached hydrogens (primary N) is 2. The van der Waals surface area contributed by atoms with Crippen LogP contribution < -0.4 is 11.5 Å². The van der Waals surface area contributed by atoms with Crippen LogP contribution in [0.15, 0.2) is 30.3 Å². The molecule has 0 spiro atoms. The first kappa shape index (κ1) is 14.2. The lowest BCUT2D eigenvalue weighted by Crippen LogP contribution is -2.01. The lowest BCUT2D eigenvalue weighted by molar-refractivity contribution is 1.25. The minimum atomic E-state index is 0.106. The molecule has 0 bridgehead atoms. The van der Waals surface area contributed by atoms with E-state index in [1.807, 2.05) is 6.07 Å². The quantitative estimate of drug-likeness (QED) is 0.688. The SMILES string of the molecule is Nc1nc(N)c2c(Cl)c(-c3cc(Cl)cc(Cl)c3)ccc2n1. The lowest BCUT2D eigenvalue weighted by Gasteiger charge is -2.10. The molecule has 4 nitrogen and oxygen atoms in total. The number of nitrogens with zero attached hydrogens (tertiary/aromatic N) is 2. The van der Waals surface area contributed by atoms with Gasteiger partial charge in [-0.3, -0.25) is 0 Å². The molecule has 3 rings (SSSR count). The summed E-state index contributed by atoms with van der Waals surface area (Å²) in [6.07, 6.45) is 0. The van der Waals surface area contributed by atoms with E-state index in [-0.39, 0.29) is 11.8 Å². The predicted octanol–water partition coefficient (Wildman–Crippen LogP) is 4.42. The van der Waals surface area contributed by atoms with Gasteiger partial charge in [-0.1, -0.05) is 40.9 Å². The van der Waals surface area contributed by atoms with Gasteiger partial charge in [0, 0.05) is 15.6 Å². The molecule has 0 saturated heterocycles. The van der Waals surface area contributed by atoms with Gasteiger partial charge in [0.1, 0.15) is 5.82 Å². The number of fused-ring (bicyclic) bond motifs is 1. The van der Waals surface area contributed by atoms with E-state index in [9.17, 15) is 0 Å². The van der Waals surface area contributed by atoms with Gasteiger partial charge in [-0.2, -0.15) is 4.98 Å². The van der Waals surface area contributed by atoms with E-state index >= 15 is 0 Å². The summed E-state index contributed by atoms with van der Waals surface area (Å²) >= 11 is 18.5. The third-order valence-corrected chi connectivity index (χ3v) is 3.85. The fourth-order valence-electron chi connectivity index (χ4n) is 2.16. The summed E-state index contributed by atoms with van der Waals surface area (Å²) in [6, 6.07) is 8.79. The number of aromatic nitrogens is 2. The third-order valence-electron chi connectivity index (χ3n) is 3.02. The molecule has 0 atom stereocenters. The zero-order chi connectivity index (χ0) is 15.1. The first-order valence-corrected chi connectivity index (χ1v) is 7.07. The maximum Gasteiger partial charge on any atom is 0.222 e. The van der Waals surface area contributed by atoms with E-state index in [1.165, 1.54) is 0 Å². The number of rotatable bonds is 1. The third kappa shape index (κ3) is 2.58. The Kier molecular flexibility index (Phi) is 3.53. The maximum absolute atomic E-state index is 6.45. The second-order valence-electron chi connectivity index (χ2n) is 4.45. The van der Waals surface area contributed by atoms with Crippen LogP contribution in [-0.4, -0.2) is 9.97 Å². The minimum absolute atomic E-state index is 0.106. The highest BCUT2D eigenvalue weighted by Gasteiger charge is 2.13. The average molecular weight is 340 g/mol. The zero-order valence-corrected chi connectivity index (χ0v) is 12.8. The van der Waals surface area contributed by atoms with Gasteiger partial charge in [-0.15, -0.1) is 0 Å². The molecule has 0 fully saturated rings. The first-order valence-electron chi connectivity index (χ1n) is 5.93. The van der Waals surface area contributed by atoms with Crippen molar-refractivity contribution in [3.8, 4) is 11.1 Å². The zero-order valence-electron chi connectivity index (χ0n) is 10.6. The van der Waals surface area contributed by atoms with Crippen molar-refractivity contribution in [3.63, 3.8) is 0 Å². The van der Waals surface area contributed by atoms with Crippen LogP contribution in [0.1, 0.15) is 0 Å². The summed E-state index contributed by atoms with van der Waals surface area (Å²) < 4.78 is 0. The second kappa shape index (κ2) is 5.22. The normalized spacial score (nSPS) is 11.0. The van der Waals surface area contributed by atoms with Gasteiger partial charge in [0.2, 0.25) is 5.95 Å². The Bertz CT molecular complexity index is 844. The number of hydrogen-bond donors (Lipinski definition) is 2. The van der Waals surface area contributed by atoms with E-state index in [4.69, 9.17) is 46.3 Å². The van der Waals surface area contributed by atoms with Gasteiger partial charge in [0.05, 0.1) is 15.9 Å². The van der Waals surface area contributed by atoms with Crippen molar-refractivity contribution in [2.24, 2.45) is 0 Å². The first-order chi connectivity index (χ1) is 9.95. The Morgan fingerprint density at radius 1 is 0.857 bits per heavy atom. The standard InChI is InChI=1S/C14H9Cl3N4/c15-7-3-6(4-8(16)5-7)9-1-2-10-11(12(9)17)13(18)21-14(19)20-10/h1-5H,(H4,18,19,20,21). The number of halogens is 3. The van der Waals surface area contributed by atoms with Crippen molar-refractivity contribution in [2.75, 3.05) is 11.5 Å². The Labute approximate surface area is 135 Å². The van der Waals surface area contributed by atoms with E-state index in [1.54, 1.807) is 24.3 Å². The molecule has 0 saturated carbocycles. The van der Waals surface area contributed by atoms with E-state index < -0.39 is 0 Å². The highest BCUT2D eigenvalue weighted by atomic mass is 35.5. The van der Waals surface area contributed by atoms with Crippen molar-refractivity contribution in [1.82, 2.24) is 9.97 Å². The summed E-state index contributed by atoms with van der Waals surface area (Å²) in [5.41, 5.74) is 13.6. The molecule has 4 N–H and O–H groups in total. The number of nitrogen functional groups attached to an aromatic ring is 2. The number of hydrogen-bond acceptors (Lipinski definition) is 4. The molecule has 1 aromatic heterocycles. The van der Waals surface area contributed by atoms with Crippen LogP contribution in [0.25, 0.3) is 22.0 Å². The molecule has 21 heavy (non-hydrogen) atoms. The van der Waals surface area contributed by atoms with Crippen molar-refractivity contribution in [2.45, 2.75) is 0 Å². The van der Waals surface area contributed by atoms with Gasteiger partial charge in [0.25, 0.3) is 0 Å². The van der Waals surface area contributed by atoms with Crippen molar-refractivity contribution < 1.29 is 0 Å². The fourth-order valence-corrected chi connectivity index (χ4v) is 3.05. The van der Waals surface area contributed by atoms with Crippen LogP contribution in [0.4, 0.5) is 11.8 Å². The van der Waals surface area contributed by atoms with Gasteiger partial charge >= 0.3 is 0 Å². The van der Waals surface area contributed by atoms with E-state index in [2.05, 4.69) is 9.97 Å².